The molecule has 1 fully saturated rings. The fourth-order valence-corrected chi connectivity index (χ4v) is 3.63. The number of pyridine rings is 1. The second-order valence-electron chi connectivity index (χ2n) is 4.14. The molecule has 0 bridgehead atoms. The van der Waals surface area contributed by atoms with Gasteiger partial charge in [0, 0.05) is 16.3 Å². The van der Waals surface area contributed by atoms with Crippen LogP contribution >= 0.6 is 11.8 Å². The molecule has 0 N–H and O–H groups in total. The van der Waals surface area contributed by atoms with Crippen molar-refractivity contribution in [2.75, 3.05) is 0 Å². The minimum Gasteiger partial charge on any atom is -0.244 e. The third kappa shape index (κ3) is 2.38. The van der Waals surface area contributed by atoms with Crippen molar-refractivity contribution in [3.05, 3.63) is 23.5 Å². The highest BCUT2D eigenvalue weighted by Gasteiger charge is 2.19. The average Bonchev–Trinajstić information content (AvgIpc) is 2.82. The van der Waals surface area contributed by atoms with Gasteiger partial charge in [0.1, 0.15) is 6.07 Å². The molecule has 0 aliphatic heterocycles. The van der Waals surface area contributed by atoms with E-state index in [0.29, 0.717) is 10.9 Å². The Morgan fingerprint density at radius 3 is 2.88 bits per heavy atom. The van der Waals surface area contributed by atoms with E-state index < -0.39 is 0 Å². The third-order valence-corrected chi connectivity index (χ3v) is 4.56. The van der Waals surface area contributed by atoms with E-state index in [1.807, 2.05) is 17.8 Å². The first-order valence-electron chi connectivity index (χ1n) is 5.89. The zero-order valence-corrected chi connectivity index (χ0v) is 10.4. The first-order chi connectivity index (χ1) is 7.85. The van der Waals surface area contributed by atoms with Gasteiger partial charge in [0.05, 0.1) is 0 Å². The maximum absolute atomic E-state index is 9.09. The van der Waals surface area contributed by atoms with E-state index in [0.717, 1.165) is 11.3 Å². The van der Waals surface area contributed by atoms with Crippen LogP contribution in [0.2, 0.25) is 0 Å². The lowest BCUT2D eigenvalue weighted by Gasteiger charge is -2.12. The highest BCUT2D eigenvalue weighted by molar-refractivity contribution is 8.00. The largest absolute Gasteiger partial charge is 0.244 e. The quantitative estimate of drug-likeness (QED) is 0.799. The molecular weight excluding hydrogens is 216 g/mol. The summed E-state index contributed by atoms with van der Waals surface area (Å²) in [5.41, 5.74) is 1.87. The van der Waals surface area contributed by atoms with E-state index in [4.69, 9.17) is 5.26 Å². The maximum Gasteiger partial charge on any atom is 0.154 e. The van der Waals surface area contributed by atoms with Gasteiger partial charge in [-0.1, -0.05) is 19.8 Å². The molecule has 84 valence electrons. The van der Waals surface area contributed by atoms with Gasteiger partial charge in [-0.05, 0) is 30.9 Å². The van der Waals surface area contributed by atoms with Crippen LogP contribution in [0, 0.1) is 11.3 Å². The first kappa shape index (κ1) is 11.5. The van der Waals surface area contributed by atoms with Crippen molar-refractivity contribution < 1.29 is 0 Å². The molecule has 3 heteroatoms. The monoisotopic (exact) mass is 232 g/mol. The summed E-state index contributed by atoms with van der Waals surface area (Å²) in [6.07, 6.45) is 7.96. The normalized spacial score (nSPS) is 16.2. The summed E-state index contributed by atoms with van der Waals surface area (Å²) < 4.78 is 0. The molecule has 1 aromatic rings. The molecule has 0 spiro atoms. The molecule has 0 aromatic carbocycles. The Balaban J connectivity index is 2.26. The molecule has 0 radical (unpaired) electrons. The summed E-state index contributed by atoms with van der Waals surface area (Å²) in [5.74, 6) is 0. The minimum atomic E-state index is 0.608. The van der Waals surface area contributed by atoms with Crippen molar-refractivity contribution in [3.8, 4) is 6.07 Å². The first-order valence-corrected chi connectivity index (χ1v) is 6.77. The van der Waals surface area contributed by atoms with Crippen LogP contribution in [0.1, 0.15) is 43.9 Å². The Kier molecular flexibility index (Phi) is 3.84. The fraction of sp³-hybridized carbons (Fsp3) is 0.538. The summed E-state index contributed by atoms with van der Waals surface area (Å²) in [6.45, 7) is 2.13. The second kappa shape index (κ2) is 5.36. The Morgan fingerprint density at radius 1 is 1.50 bits per heavy atom. The van der Waals surface area contributed by atoms with Crippen LogP contribution in [0.3, 0.4) is 0 Å². The SMILES string of the molecule is CCc1ccnc(C#N)c1SC1CCCC1. The zero-order valence-electron chi connectivity index (χ0n) is 9.57. The number of nitriles is 1. The number of thioether (sulfide) groups is 1. The summed E-state index contributed by atoms with van der Waals surface area (Å²) in [6, 6.07) is 4.25. The summed E-state index contributed by atoms with van der Waals surface area (Å²) in [4.78, 5) is 5.29. The molecule has 1 aliphatic carbocycles. The van der Waals surface area contributed by atoms with Crippen LogP contribution in [-0.4, -0.2) is 10.2 Å². The van der Waals surface area contributed by atoms with E-state index in [2.05, 4.69) is 18.0 Å². The van der Waals surface area contributed by atoms with Gasteiger partial charge >= 0.3 is 0 Å². The van der Waals surface area contributed by atoms with Crippen molar-refractivity contribution in [2.45, 2.75) is 49.2 Å². The predicted octanol–water partition coefficient (Wildman–Crippen LogP) is 3.55. The van der Waals surface area contributed by atoms with Crippen LogP contribution in [0.15, 0.2) is 17.2 Å². The summed E-state index contributed by atoms with van der Waals surface area (Å²) in [5, 5.41) is 9.78. The van der Waals surface area contributed by atoms with Gasteiger partial charge in [-0.3, -0.25) is 0 Å². The Morgan fingerprint density at radius 2 is 2.25 bits per heavy atom. The summed E-state index contributed by atoms with van der Waals surface area (Å²) >= 11 is 1.87. The van der Waals surface area contributed by atoms with E-state index in [1.54, 1.807) is 6.20 Å². The number of nitrogens with zero attached hydrogens (tertiary/aromatic N) is 2. The molecule has 1 aromatic heterocycles. The Bertz CT molecular complexity index is 403. The number of rotatable bonds is 3. The lowest BCUT2D eigenvalue weighted by atomic mass is 10.2. The molecule has 0 saturated heterocycles. The van der Waals surface area contributed by atoms with Gasteiger partial charge < -0.3 is 0 Å². The topological polar surface area (TPSA) is 36.7 Å². The molecule has 2 nitrogen and oxygen atoms in total. The van der Waals surface area contributed by atoms with E-state index in [9.17, 15) is 0 Å². The van der Waals surface area contributed by atoms with Gasteiger partial charge in [0.25, 0.3) is 0 Å². The van der Waals surface area contributed by atoms with E-state index in [-0.39, 0.29) is 0 Å². The Labute approximate surface area is 101 Å². The number of aryl methyl sites for hydroxylation is 1. The van der Waals surface area contributed by atoms with Crippen LogP contribution < -0.4 is 0 Å². The van der Waals surface area contributed by atoms with Crippen molar-refractivity contribution in [3.63, 3.8) is 0 Å². The van der Waals surface area contributed by atoms with Gasteiger partial charge in [-0.15, -0.1) is 11.8 Å². The van der Waals surface area contributed by atoms with Crippen LogP contribution in [0.25, 0.3) is 0 Å². The molecule has 2 rings (SSSR count). The molecule has 1 heterocycles. The molecular formula is C13H16N2S. The standard InChI is InChI=1S/C13H16N2S/c1-2-10-7-8-15-12(9-14)13(10)16-11-5-3-4-6-11/h7-8,11H,2-6H2,1H3. The average molecular weight is 232 g/mol. The van der Waals surface area contributed by atoms with Crippen molar-refractivity contribution >= 4 is 11.8 Å². The number of hydrogen-bond donors (Lipinski definition) is 0. The third-order valence-electron chi connectivity index (χ3n) is 3.06. The molecule has 1 aliphatic rings. The Hall–Kier alpha value is -1.01. The second-order valence-corrected chi connectivity index (χ2v) is 5.45. The lowest BCUT2D eigenvalue weighted by Crippen LogP contribution is -1.99. The van der Waals surface area contributed by atoms with Crippen molar-refractivity contribution in [1.82, 2.24) is 4.98 Å². The van der Waals surface area contributed by atoms with E-state index in [1.165, 1.54) is 31.2 Å². The van der Waals surface area contributed by atoms with Gasteiger partial charge in [-0.25, -0.2) is 4.98 Å². The molecule has 0 unspecified atom stereocenters. The number of hydrogen-bond acceptors (Lipinski definition) is 3. The van der Waals surface area contributed by atoms with E-state index >= 15 is 0 Å². The highest BCUT2D eigenvalue weighted by Crippen LogP contribution is 2.37. The fourth-order valence-electron chi connectivity index (χ4n) is 2.15. The van der Waals surface area contributed by atoms with Crippen LogP contribution in [-0.2, 0) is 6.42 Å². The van der Waals surface area contributed by atoms with Crippen LogP contribution in [0.4, 0.5) is 0 Å². The molecule has 16 heavy (non-hydrogen) atoms. The zero-order chi connectivity index (χ0) is 11.4. The van der Waals surface area contributed by atoms with Crippen LogP contribution in [0.5, 0.6) is 0 Å². The molecule has 0 amide bonds. The summed E-state index contributed by atoms with van der Waals surface area (Å²) in [7, 11) is 0. The van der Waals surface area contributed by atoms with Crippen molar-refractivity contribution in [1.29, 1.82) is 5.26 Å². The maximum atomic E-state index is 9.09. The molecule has 1 saturated carbocycles. The van der Waals surface area contributed by atoms with Gasteiger partial charge in [0.15, 0.2) is 5.69 Å². The predicted molar refractivity (Wildman–Crippen MR) is 66.4 cm³/mol. The minimum absolute atomic E-state index is 0.608. The van der Waals surface area contributed by atoms with Gasteiger partial charge in [0.2, 0.25) is 0 Å². The smallest absolute Gasteiger partial charge is 0.154 e. The molecule has 0 atom stereocenters. The lowest BCUT2D eigenvalue weighted by molar-refractivity contribution is 0.886. The van der Waals surface area contributed by atoms with Crippen molar-refractivity contribution in [2.24, 2.45) is 0 Å². The number of aromatic nitrogens is 1. The highest BCUT2D eigenvalue weighted by atomic mass is 32.2. The van der Waals surface area contributed by atoms with Gasteiger partial charge in [-0.2, -0.15) is 5.26 Å².